The Labute approximate surface area is 171 Å². The quantitative estimate of drug-likeness (QED) is 0.571. The standard InChI is InChI=1S/C22H24F6O2/c1-11-7-9-15(13(3)17(11)19(5,29)21(23,24)25)16-10-8-12(2)18(14(16)4)20(6,30)22(26,27)28/h7-10,29-30H,1-6H3. The molecule has 0 aliphatic heterocycles. The Balaban J connectivity index is 2.86. The lowest BCUT2D eigenvalue weighted by Gasteiger charge is -2.32. The smallest absolute Gasteiger partial charge is 0.376 e. The maximum atomic E-state index is 13.5. The first kappa shape index (κ1) is 24.2. The molecule has 2 aromatic rings. The SMILES string of the molecule is Cc1ccc(-c2ccc(C)c(C(C)(O)C(F)(F)F)c2C)c(C)c1C(C)(O)C(F)(F)F. The van der Waals surface area contributed by atoms with Gasteiger partial charge < -0.3 is 10.2 Å². The molecule has 2 atom stereocenters. The summed E-state index contributed by atoms with van der Waals surface area (Å²) in [7, 11) is 0. The van der Waals surface area contributed by atoms with E-state index in [1.807, 2.05) is 0 Å². The molecule has 2 rings (SSSR count). The van der Waals surface area contributed by atoms with E-state index in [1.165, 1.54) is 52.0 Å². The Kier molecular flexibility index (Phi) is 5.87. The van der Waals surface area contributed by atoms with Gasteiger partial charge in [0.1, 0.15) is 0 Å². The summed E-state index contributed by atoms with van der Waals surface area (Å²) in [5.41, 5.74) is -5.89. The Morgan fingerprint density at radius 2 is 0.833 bits per heavy atom. The molecule has 0 heterocycles. The minimum atomic E-state index is -4.95. The zero-order valence-electron chi connectivity index (χ0n) is 17.5. The molecule has 0 spiro atoms. The van der Waals surface area contributed by atoms with Crippen LogP contribution in [0.4, 0.5) is 26.3 Å². The first-order valence-corrected chi connectivity index (χ1v) is 9.15. The van der Waals surface area contributed by atoms with Crippen molar-refractivity contribution in [2.75, 3.05) is 0 Å². The average molecular weight is 434 g/mol. The molecular weight excluding hydrogens is 410 g/mol. The van der Waals surface area contributed by atoms with Crippen molar-refractivity contribution in [2.45, 2.75) is 65.1 Å². The number of aliphatic hydroxyl groups is 2. The third kappa shape index (κ3) is 3.71. The number of alkyl halides is 6. The second-order valence-electron chi connectivity index (χ2n) is 8.00. The van der Waals surface area contributed by atoms with Gasteiger partial charge in [0.25, 0.3) is 0 Å². The molecule has 0 aliphatic rings. The van der Waals surface area contributed by atoms with E-state index < -0.39 is 23.6 Å². The fraction of sp³-hybridized carbons (Fsp3) is 0.455. The monoisotopic (exact) mass is 434 g/mol. The lowest BCUT2D eigenvalue weighted by atomic mass is 9.80. The fourth-order valence-electron chi connectivity index (χ4n) is 4.06. The van der Waals surface area contributed by atoms with E-state index in [0.29, 0.717) is 13.8 Å². The lowest BCUT2D eigenvalue weighted by molar-refractivity contribution is -0.259. The number of aryl methyl sites for hydroxylation is 2. The molecule has 2 aromatic carbocycles. The van der Waals surface area contributed by atoms with Crippen LogP contribution in [0.1, 0.15) is 47.2 Å². The summed E-state index contributed by atoms with van der Waals surface area (Å²) < 4.78 is 80.9. The third-order valence-corrected chi connectivity index (χ3v) is 5.71. The molecule has 2 nitrogen and oxygen atoms in total. The molecule has 2 unspecified atom stereocenters. The molecule has 0 bridgehead atoms. The predicted molar refractivity (Wildman–Crippen MR) is 102 cm³/mol. The van der Waals surface area contributed by atoms with Gasteiger partial charge in [0.2, 0.25) is 0 Å². The van der Waals surface area contributed by atoms with E-state index in [4.69, 9.17) is 0 Å². The van der Waals surface area contributed by atoms with Crippen molar-refractivity contribution in [1.29, 1.82) is 0 Å². The summed E-state index contributed by atoms with van der Waals surface area (Å²) in [5.74, 6) is 0. The highest BCUT2D eigenvalue weighted by atomic mass is 19.4. The van der Waals surface area contributed by atoms with Crippen LogP contribution in [0.5, 0.6) is 0 Å². The molecule has 0 saturated carbocycles. The van der Waals surface area contributed by atoms with Crippen molar-refractivity contribution in [3.05, 3.63) is 57.6 Å². The number of hydrogen-bond acceptors (Lipinski definition) is 2. The summed E-state index contributed by atoms with van der Waals surface area (Å²) in [6.45, 7) is 6.92. The first-order chi connectivity index (χ1) is 13.4. The zero-order chi connectivity index (χ0) is 23.4. The maximum Gasteiger partial charge on any atom is 0.421 e. The van der Waals surface area contributed by atoms with Crippen LogP contribution in [0.25, 0.3) is 11.1 Å². The third-order valence-electron chi connectivity index (χ3n) is 5.71. The highest BCUT2D eigenvalue weighted by molar-refractivity contribution is 5.75. The number of rotatable bonds is 3. The van der Waals surface area contributed by atoms with Gasteiger partial charge >= 0.3 is 12.4 Å². The molecule has 0 saturated heterocycles. The normalized spacial score (nSPS) is 16.9. The van der Waals surface area contributed by atoms with Crippen LogP contribution in [-0.2, 0) is 11.2 Å². The summed E-state index contributed by atoms with van der Waals surface area (Å²) in [6.07, 6.45) is -9.90. The van der Waals surface area contributed by atoms with Crippen LogP contribution in [-0.4, -0.2) is 22.6 Å². The fourth-order valence-corrected chi connectivity index (χ4v) is 4.06. The lowest BCUT2D eigenvalue weighted by Crippen LogP contribution is -2.41. The van der Waals surface area contributed by atoms with Gasteiger partial charge in [-0.1, -0.05) is 24.3 Å². The van der Waals surface area contributed by atoms with E-state index in [9.17, 15) is 36.6 Å². The molecule has 0 aliphatic carbocycles. The van der Waals surface area contributed by atoms with Crippen molar-refractivity contribution in [3.8, 4) is 11.1 Å². The Bertz CT molecular complexity index is 890. The van der Waals surface area contributed by atoms with E-state index >= 15 is 0 Å². The predicted octanol–water partition coefficient (Wildman–Crippen LogP) is 6.13. The highest BCUT2D eigenvalue weighted by Crippen LogP contribution is 2.46. The highest BCUT2D eigenvalue weighted by Gasteiger charge is 2.54. The van der Waals surface area contributed by atoms with Crippen LogP contribution in [0.15, 0.2) is 24.3 Å². The summed E-state index contributed by atoms with van der Waals surface area (Å²) >= 11 is 0. The first-order valence-electron chi connectivity index (χ1n) is 9.15. The number of halogens is 6. The van der Waals surface area contributed by atoms with E-state index in [0.717, 1.165) is 0 Å². The van der Waals surface area contributed by atoms with Crippen LogP contribution in [0.2, 0.25) is 0 Å². The van der Waals surface area contributed by atoms with Gasteiger partial charge in [-0.05, 0) is 86.1 Å². The van der Waals surface area contributed by atoms with Gasteiger partial charge in [0.15, 0.2) is 11.2 Å². The van der Waals surface area contributed by atoms with Gasteiger partial charge in [0.05, 0.1) is 0 Å². The molecule has 0 fully saturated rings. The Morgan fingerprint density at radius 1 is 0.567 bits per heavy atom. The molecular formula is C22H24F6O2. The average Bonchev–Trinajstić information content (AvgIpc) is 2.53. The second kappa shape index (κ2) is 7.27. The van der Waals surface area contributed by atoms with Crippen molar-refractivity contribution in [1.82, 2.24) is 0 Å². The Morgan fingerprint density at radius 3 is 1.07 bits per heavy atom. The summed E-state index contributed by atoms with van der Waals surface area (Å²) in [4.78, 5) is 0. The van der Waals surface area contributed by atoms with Crippen LogP contribution in [0.3, 0.4) is 0 Å². The molecule has 0 radical (unpaired) electrons. The topological polar surface area (TPSA) is 40.5 Å². The summed E-state index contributed by atoms with van der Waals surface area (Å²) in [6, 6.07) is 5.78. The van der Waals surface area contributed by atoms with Crippen molar-refractivity contribution < 1.29 is 36.6 Å². The second-order valence-corrected chi connectivity index (χ2v) is 8.00. The summed E-state index contributed by atoms with van der Waals surface area (Å²) in [5, 5.41) is 20.5. The van der Waals surface area contributed by atoms with Crippen LogP contribution >= 0.6 is 0 Å². The number of hydrogen-bond donors (Lipinski definition) is 2. The molecule has 2 N–H and O–H groups in total. The van der Waals surface area contributed by atoms with E-state index in [-0.39, 0.29) is 44.5 Å². The largest absolute Gasteiger partial charge is 0.421 e. The minimum Gasteiger partial charge on any atom is -0.376 e. The van der Waals surface area contributed by atoms with Crippen molar-refractivity contribution in [3.63, 3.8) is 0 Å². The Hall–Kier alpha value is -2.06. The molecule has 0 amide bonds. The maximum absolute atomic E-state index is 13.5. The van der Waals surface area contributed by atoms with Gasteiger partial charge in [0, 0.05) is 0 Å². The number of benzene rings is 2. The van der Waals surface area contributed by atoms with Crippen LogP contribution in [0, 0.1) is 27.7 Å². The van der Waals surface area contributed by atoms with Gasteiger partial charge in [-0.2, -0.15) is 26.3 Å². The molecule has 166 valence electrons. The van der Waals surface area contributed by atoms with Crippen molar-refractivity contribution >= 4 is 0 Å². The molecule has 8 heteroatoms. The van der Waals surface area contributed by atoms with Gasteiger partial charge in [-0.3, -0.25) is 0 Å². The van der Waals surface area contributed by atoms with E-state index in [2.05, 4.69) is 0 Å². The van der Waals surface area contributed by atoms with E-state index in [1.54, 1.807) is 0 Å². The van der Waals surface area contributed by atoms with Gasteiger partial charge in [-0.15, -0.1) is 0 Å². The van der Waals surface area contributed by atoms with Gasteiger partial charge in [-0.25, -0.2) is 0 Å². The molecule has 30 heavy (non-hydrogen) atoms. The minimum absolute atomic E-state index is 0.0990. The van der Waals surface area contributed by atoms with Crippen LogP contribution < -0.4 is 0 Å². The molecule has 0 aromatic heterocycles. The zero-order valence-corrected chi connectivity index (χ0v) is 17.5. The van der Waals surface area contributed by atoms with Crippen molar-refractivity contribution in [2.24, 2.45) is 0 Å².